The molecule has 0 aliphatic carbocycles. The molecule has 3 aromatic heterocycles. The number of aryl methyl sites for hydroxylation is 2. The van der Waals surface area contributed by atoms with Crippen LogP contribution in [0.25, 0.3) is 5.78 Å². The number of aromatic nitrogens is 6. The smallest absolute Gasteiger partial charge is 0.291 e. The summed E-state index contributed by atoms with van der Waals surface area (Å²) in [5.74, 6) is 0.922. The van der Waals surface area contributed by atoms with Crippen LogP contribution in [0, 0.1) is 13.8 Å². The van der Waals surface area contributed by atoms with Gasteiger partial charge in [0.05, 0.1) is 19.7 Å². The molecule has 30 heavy (non-hydrogen) atoms. The fourth-order valence-corrected chi connectivity index (χ4v) is 3.37. The number of hydrogen-bond acceptors (Lipinski definition) is 6. The van der Waals surface area contributed by atoms with E-state index in [1.165, 1.54) is 0 Å². The molecule has 4 aromatic rings. The van der Waals surface area contributed by atoms with Gasteiger partial charge in [0.15, 0.2) is 0 Å². The highest BCUT2D eigenvalue weighted by atomic mass is 16.5. The molecule has 154 valence electrons. The molecule has 0 saturated carbocycles. The van der Waals surface area contributed by atoms with Crippen LogP contribution >= 0.6 is 0 Å². The largest absolute Gasteiger partial charge is 0.496 e. The van der Waals surface area contributed by atoms with E-state index in [9.17, 15) is 4.79 Å². The number of amides is 1. The van der Waals surface area contributed by atoms with Crippen LogP contribution in [-0.4, -0.2) is 42.4 Å². The van der Waals surface area contributed by atoms with Crippen molar-refractivity contribution < 1.29 is 9.53 Å². The highest BCUT2D eigenvalue weighted by Crippen LogP contribution is 2.24. The van der Waals surface area contributed by atoms with E-state index in [-0.39, 0.29) is 17.8 Å². The normalized spacial score (nSPS) is 12.1. The molecule has 1 amide bonds. The molecule has 0 fully saturated rings. The zero-order valence-electron chi connectivity index (χ0n) is 17.3. The number of nitrogens with one attached hydrogen (secondary N) is 1. The van der Waals surface area contributed by atoms with E-state index in [2.05, 4.69) is 25.5 Å². The number of methoxy groups -OCH3 is 1. The summed E-state index contributed by atoms with van der Waals surface area (Å²) >= 11 is 0. The predicted octanol–water partition coefficient (Wildman–Crippen LogP) is 2.49. The maximum Gasteiger partial charge on any atom is 0.291 e. The van der Waals surface area contributed by atoms with Gasteiger partial charge in [-0.05, 0) is 50.6 Å². The molecule has 0 aliphatic rings. The molecule has 0 saturated heterocycles. The number of rotatable bonds is 6. The number of fused-ring (bicyclic) bond motifs is 1. The summed E-state index contributed by atoms with van der Waals surface area (Å²) in [7, 11) is 1.64. The first-order valence-electron chi connectivity index (χ1n) is 9.60. The lowest BCUT2D eigenvalue weighted by Crippen LogP contribution is -2.27. The molecular weight excluding hydrogens is 382 g/mol. The van der Waals surface area contributed by atoms with Gasteiger partial charge in [0, 0.05) is 29.3 Å². The van der Waals surface area contributed by atoms with E-state index in [1.54, 1.807) is 17.8 Å². The minimum Gasteiger partial charge on any atom is -0.496 e. The van der Waals surface area contributed by atoms with Crippen molar-refractivity contribution in [3.63, 3.8) is 0 Å². The van der Waals surface area contributed by atoms with Gasteiger partial charge in [-0.3, -0.25) is 9.48 Å². The summed E-state index contributed by atoms with van der Waals surface area (Å²) in [6.45, 7) is 6.27. The molecule has 3 heterocycles. The molecule has 9 heteroatoms. The minimum atomic E-state index is -0.352. The Morgan fingerprint density at radius 3 is 2.80 bits per heavy atom. The average Bonchev–Trinajstić information content (AvgIpc) is 3.37. The molecule has 9 nitrogen and oxygen atoms in total. The number of nitrogens with zero attached hydrogens (tertiary/aromatic N) is 6. The first kappa shape index (κ1) is 19.6. The minimum absolute atomic E-state index is 0.0910. The van der Waals surface area contributed by atoms with E-state index in [1.807, 2.05) is 62.0 Å². The van der Waals surface area contributed by atoms with Gasteiger partial charge in [-0.1, -0.05) is 6.07 Å². The van der Waals surface area contributed by atoms with Crippen molar-refractivity contribution in [2.75, 3.05) is 7.11 Å². The van der Waals surface area contributed by atoms with Crippen LogP contribution in [0.15, 0.2) is 42.7 Å². The van der Waals surface area contributed by atoms with Crippen molar-refractivity contribution in [3.05, 3.63) is 71.1 Å². The van der Waals surface area contributed by atoms with Gasteiger partial charge in [-0.15, -0.1) is 5.10 Å². The van der Waals surface area contributed by atoms with E-state index >= 15 is 0 Å². The monoisotopic (exact) mass is 405 g/mol. The summed E-state index contributed by atoms with van der Waals surface area (Å²) in [5, 5.41) is 11.5. The van der Waals surface area contributed by atoms with Crippen molar-refractivity contribution in [1.82, 2.24) is 34.7 Å². The zero-order valence-corrected chi connectivity index (χ0v) is 17.3. The second-order valence-electron chi connectivity index (χ2n) is 7.16. The van der Waals surface area contributed by atoms with Crippen LogP contribution < -0.4 is 10.1 Å². The molecular formula is C21H23N7O2. The molecule has 0 spiro atoms. The molecule has 0 bridgehead atoms. The SMILES string of the molecule is COc1ccc([C@H](C)NC(=O)c2nc3nc(C)cc(C)n3n2)cc1Cn1cccn1. The molecule has 1 atom stereocenters. The third-order valence-corrected chi connectivity index (χ3v) is 4.86. The first-order valence-corrected chi connectivity index (χ1v) is 9.60. The second kappa shape index (κ2) is 7.94. The third-order valence-electron chi connectivity index (χ3n) is 4.86. The molecule has 0 radical (unpaired) electrons. The summed E-state index contributed by atoms with van der Waals surface area (Å²) in [5.41, 5.74) is 3.62. The van der Waals surface area contributed by atoms with Gasteiger partial charge < -0.3 is 10.1 Å². The summed E-state index contributed by atoms with van der Waals surface area (Å²) in [6, 6.07) is 9.36. The van der Waals surface area contributed by atoms with Crippen LogP contribution in [0.3, 0.4) is 0 Å². The molecule has 0 unspecified atom stereocenters. The Morgan fingerprint density at radius 2 is 2.07 bits per heavy atom. The molecule has 1 N–H and O–H groups in total. The average molecular weight is 405 g/mol. The third kappa shape index (κ3) is 3.86. The van der Waals surface area contributed by atoms with E-state index in [4.69, 9.17) is 4.74 Å². The number of ether oxygens (including phenoxy) is 1. The topological polar surface area (TPSA) is 99.2 Å². The van der Waals surface area contributed by atoms with Gasteiger partial charge in [0.25, 0.3) is 11.7 Å². The summed E-state index contributed by atoms with van der Waals surface area (Å²) in [4.78, 5) is 21.3. The maximum atomic E-state index is 12.7. The van der Waals surface area contributed by atoms with Crippen LogP contribution in [0.2, 0.25) is 0 Å². The Morgan fingerprint density at radius 1 is 1.23 bits per heavy atom. The lowest BCUT2D eigenvalue weighted by molar-refractivity contribution is 0.0929. The Bertz CT molecular complexity index is 1200. The van der Waals surface area contributed by atoms with Gasteiger partial charge in [0.1, 0.15) is 5.75 Å². The van der Waals surface area contributed by atoms with Gasteiger partial charge in [-0.25, -0.2) is 9.50 Å². The highest BCUT2D eigenvalue weighted by molar-refractivity contribution is 5.91. The first-order chi connectivity index (χ1) is 14.4. The number of hydrogen-bond donors (Lipinski definition) is 1. The van der Waals surface area contributed by atoms with Gasteiger partial charge in [0.2, 0.25) is 5.82 Å². The predicted molar refractivity (Wildman–Crippen MR) is 110 cm³/mol. The molecule has 0 aliphatic heterocycles. The van der Waals surface area contributed by atoms with Crippen molar-refractivity contribution in [2.45, 2.75) is 33.4 Å². The lowest BCUT2D eigenvalue weighted by atomic mass is 10.0. The van der Waals surface area contributed by atoms with E-state index in [0.717, 1.165) is 28.3 Å². The highest BCUT2D eigenvalue weighted by Gasteiger charge is 2.18. The lowest BCUT2D eigenvalue weighted by Gasteiger charge is -2.16. The Balaban J connectivity index is 1.55. The van der Waals surface area contributed by atoms with Crippen LogP contribution in [0.5, 0.6) is 5.75 Å². The van der Waals surface area contributed by atoms with Crippen molar-refractivity contribution in [1.29, 1.82) is 0 Å². The zero-order chi connectivity index (χ0) is 21.3. The summed E-state index contributed by atoms with van der Waals surface area (Å²) in [6.07, 6.45) is 3.63. The molecule has 1 aromatic carbocycles. The molecule has 4 rings (SSSR count). The Kier molecular flexibility index (Phi) is 5.18. The van der Waals surface area contributed by atoms with E-state index in [0.29, 0.717) is 12.3 Å². The Hall–Kier alpha value is -3.75. The maximum absolute atomic E-state index is 12.7. The standard InChI is InChI=1S/C21H23N7O2/c1-13-10-14(2)28-21(23-13)25-19(26-28)20(29)24-15(3)16-6-7-18(30-4)17(11-16)12-27-9-5-8-22-27/h5-11,15H,12H2,1-4H3,(H,24,29)/t15-/m0/s1. The van der Waals surface area contributed by atoms with Crippen molar-refractivity contribution >= 4 is 11.7 Å². The van der Waals surface area contributed by atoms with Crippen LogP contribution in [0.4, 0.5) is 0 Å². The number of carbonyl (C=O) groups is 1. The van der Waals surface area contributed by atoms with Crippen molar-refractivity contribution in [3.8, 4) is 5.75 Å². The second-order valence-corrected chi connectivity index (χ2v) is 7.16. The fourth-order valence-electron chi connectivity index (χ4n) is 3.37. The van der Waals surface area contributed by atoms with Crippen LogP contribution in [0.1, 0.15) is 46.1 Å². The van der Waals surface area contributed by atoms with E-state index < -0.39 is 0 Å². The van der Waals surface area contributed by atoms with Crippen LogP contribution in [-0.2, 0) is 6.54 Å². The van der Waals surface area contributed by atoms with Crippen molar-refractivity contribution in [2.24, 2.45) is 0 Å². The fraction of sp³-hybridized carbons (Fsp3) is 0.286. The van der Waals surface area contributed by atoms with Gasteiger partial charge in [-0.2, -0.15) is 10.1 Å². The summed E-state index contributed by atoms with van der Waals surface area (Å²) < 4.78 is 8.87. The van der Waals surface area contributed by atoms with Gasteiger partial charge >= 0.3 is 0 Å². The Labute approximate surface area is 173 Å². The number of benzene rings is 1. The number of carbonyl (C=O) groups excluding carboxylic acids is 1. The quantitative estimate of drug-likeness (QED) is 0.529.